The number of nitroso groups, excluding NO2 is 1. The lowest BCUT2D eigenvalue weighted by molar-refractivity contribution is -0.157. The Morgan fingerprint density at radius 3 is 2.81 bits per heavy atom. The third-order valence-corrected chi connectivity index (χ3v) is 5.83. The van der Waals surface area contributed by atoms with E-state index in [2.05, 4.69) is 16.0 Å². The molecule has 6 rings (SSSR count). The van der Waals surface area contributed by atoms with Crippen molar-refractivity contribution in [3.05, 3.63) is 67.6 Å². The minimum Gasteiger partial charge on any atom is -0.458 e. The number of pyridine rings is 1. The highest BCUT2D eigenvalue weighted by Crippen LogP contribution is 2.48. The van der Waals surface area contributed by atoms with Crippen molar-refractivity contribution in [2.24, 2.45) is 5.29 Å². The van der Waals surface area contributed by atoms with E-state index in [1.165, 1.54) is 10.8 Å². The van der Waals surface area contributed by atoms with Gasteiger partial charge in [-0.3, -0.25) is 4.79 Å². The molecule has 1 unspecified atom stereocenters. The summed E-state index contributed by atoms with van der Waals surface area (Å²) in [5.41, 5.74) is 6.40. The molecule has 1 aromatic heterocycles. The molecule has 1 atom stereocenters. The van der Waals surface area contributed by atoms with Crippen LogP contribution in [0.25, 0.3) is 11.3 Å². The van der Waals surface area contributed by atoms with E-state index in [9.17, 15) is 19.6 Å². The van der Waals surface area contributed by atoms with Crippen LogP contribution >= 0.6 is 0 Å². The first-order chi connectivity index (χ1) is 15.1. The number of benzene rings is 1. The van der Waals surface area contributed by atoms with Gasteiger partial charge in [-0.15, -0.1) is 4.91 Å². The van der Waals surface area contributed by atoms with Gasteiger partial charge >= 0.3 is 5.97 Å². The average molecular weight is 422 g/mol. The second-order valence-electron chi connectivity index (χ2n) is 7.37. The number of aliphatic hydroxyl groups is 1. The fourth-order valence-corrected chi connectivity index (χ4v) is 4.38. The van der Waals surface area contributed by atoms with Gasteiger partial charge in [-0.2, -0.15) is 0 Å². The monoisotopic (exact) mass is 422 g/mol. The number of nitrogens with zero attached hydrogens (tertiary/aromatic N) is 2. The number of rotatable bonds is 2. The summed E-state index contributed by atoms with van der Waals surface area (Å²) in [4.78, 5) is 35.7. The molecular weight excluding hydrogens is 408 g/mol. The highest BCUT2D eigenvalue weighted by atomic mass is 16.7. The normalized spacial score (nSPS) is 21.0. The molecule has 0 radical (unpaired) electrons. The fraction of sp³-hybridized carbons (Fsp3) is 0.200. The molecule has 2 aromatic rings. The first kappa shape index (κ1) is 17.7. The van der Waals surface area contributed by atoms with Crippen LogP contribution in [-0.2, 0) is 22.7 Å². The minimum absolute atomic E-state index is 0.108. The highest BCUT2D eigenvalue weighted by Gasteiger charge is 2.37. The van der Waals surface area contributed by atoms with Crippen LogP contribution in [-0.4, -0.2) is 22.4 Å². The smallest absolute Gasteiger partial charge is 0.340 e. The Kier molecular flexibility index (Phi) is 3.54. The molecule has 156 valence electrons. The van der Waals surface area contributed by atoms with Gasteiger partial charge in [-0.1, -0.05) is 0 Å². The van der Waals surface area contributed by atoms with E-state index in [4.69, 9.17) is 14.2 Å². The maximum Gasteiger partial charge on any atom is 0.340 e. The van der Waals surface area contributed by atoms with Crippen molar-refractivity contribution in [2.75, 3.05) is 12.1 Å². The summed E-state index contributed by atoms with van der Waals surface area (Å²) in [5.74, 6) is 0.340. The number of ether oxygens (including phenoxy) is 3. The van der Waals surface area contributed by atoms with Crippen LogP contribution in [0.1, 0.15) is 28.5 Å². The molecule has 4 aliphatic rings. The number of anilines is 1. The van der Waals surface area contributed by atoms with Gasteiger partial charge < -0.3 is 29.2 Å². The van der Waals surface area contributed by atoms with Crippen molar-refractivity contribution in [2.45, 2.75) is 19.3 Å². The number of aromatic nitrogens is 1. The molecule has 11 heteroatoms. The first-order valence-electron chi connectivity index (χ1n) is 9.41. The molecule has 0 saturated carbocycles. The Hall–Kier alpha value is -4.12. The summed E-state index contributed by atoms with van der Waals surface area (Å²) >= 11 is 0. The van der Waals surface area contributed by atoms with Crippen molar-refractivity contribution >= 4 is 22.9 Å². The Morgan fingerprint density at radius 2 is 2.00 bits per heavy atom. The van der Waals surface area contributed by atoms with Crippen LogP contribution in [0.4, 0.5) is 5.69 Å². The fourth-order valence-electron chi connectivity index (χ4n) is 4.38. The maximum absolute atomic E-state index is 13.1. The number of fused-ring (bicyclic) bond motifs is 5. The summed E-state index contributed by atoms with van der Waals surface area (Å²) in [6.45, 7) is 0.133. The lowest BCUT2D eigenvalue weighted by atomic mass is 9.91. The van der Waals surface area contributed by atoms with E-state index >= 15 is 0 Å². The third kappa shape index (κ3) is 2.37. The molecule has 31 heavy (non-hydrogen) atoms. The zero-order valence-electron chi connectivity index (χ0n) is 15.8. The summed E-state index contributed by atoms with van der Waals surface area (Å²) in [7, 11) is 0. The minimum atomic E-state index is -1.52. The second kappa shape index (κ2) is 6.19. The van der Waals surface area contributed by atoms with Crippen molar-refractivity contribution < 1.29 is 24.1 Å². The largest absolute Gasteiger partial charge is 0.458 e. The van der Waals surface area contributed by atoms with Crippen LogP contribution in [0.3, 0.4) is 0 Å². The summed E-state index contributed by atoms with van der Waals surface area (Å²) < 4.78 is 17.4. The van der Waals surface area contributed by atoms with Crippen molar-refractivity contribution in [3.63, 3.8) is 0 Å². The molecule has 3 N–H and O–H groups in total. The van der Waals surface area contributed by atoms with E-state index in [-0.39, 0.29) is 36.6 Å². The molecule has 11 nitrogen and oxygen atoms in total. The molecule has 0 fully saturated rings. The lowest BCUT2D eigenvalue weighted by Gasteiger charge is -2.24. The Balaban J connectivity index is 1.55. The van der Waals surface area contributed by atoms with Gasteiger partial charge in [-0.25, -0.2) is 10.2 Å². The predicted octanol–water partition coefficient (Wildman–Crippen LogP) is 1.13. The van der Waals surface area contributed by atoms with Crippen LogP contribution in [0.2, 0.25) is 0 Å². The molecule has 0 amide bonds. The Labute approximate surface area is 173 Å². The van der Waals surface area contributed by atoms with Crippen LogP contribution in [0.5, 0.6) is 11.5 Å². The molecule has 5 heterocycles. The first-order valence-corrected chi connectivity index (χ1v) is 9.41. The van der Waals surface area contributed by atoms with Gasteiger partial charge in [0.05, 0.1) is 34.5 Å². The van der Waals surface area contributed by atoms with Crippen molar-refractivity contribution in [3.8, 4) is 11.5 Å². The Bertz CT molecular complexity index is 1320. The maximum atomic E-state index is 13.1. The highest BCUT2D eigenvalue weighted by molar-refractivity contribution is 6.02. The van der Waals surface area contributed by atoms with Gasteiger partial charge in [0.1, 0.15) is 6.61 Å². The number of carbonyl (C=O) groups excluding carboxylic acids is 1. The number of aliphatic hydroxyl groups excluding tert-OH is 1. The summed E-state index contributed by atoms with van der Waals surface area (Å²) in [6, 6.07) is 5.19. The molecule has 0 spiro atoms. The molecule has 4 aliphatic heterocycles. The van der Waals surface area contributed by atoms with Gasteiger partial charge in [0.2, 0.25) is 6.79 Å². The lowest BCUT2D eigenvalue weighted by Crippen LogP contribution is -2.33. The van der Waals surface area contributed by atoms with Crippen LogP contribution in [0.15, 0.2) is 40.1 Å². The van der Waals surface area contributed by atoms with E-state index < -0.39 is 12.1 Å². The van der Waals surface area contributed by atoms with Gasteiger partial charge in [0, 0.05) is 34.5 Å². The second-order valence-corrected chi connectivity index (χ2v) is 7.37. The van der Waals surface area contributed by atoms with Gasteiger partial charge in [0.15, 0.2) is 17.6 Å². The number of carbonyl (C=O) groups is 1. The number of esters is 1. The number of allylic oxidation sites excluding steroid dienone is 2. The van der Waals surface area contributed by atoms with Crippen LogP contribution in [0, 0.1) is 4.91 Å². The molecule has 0 saturated heterocycles. The van der Waals surface area contributed by atoms with E-state index in [1.54, 1.807) is 18.2 Å². The quantitative estimate of drug-likeness (QED) is 0.369. The number of cyclic esters (lactones) is 1. The van der Waals surface area contributed by atoms with Crippen molar-refractivity contribution in [1.82, 2.24) is 9.99 Å². The van der Waals surface area contributed by atoms with Crippen LogP contribution < -0.4 is 25.8 Å². The van der Waals surface area contributed by atoms with E-state index in [0.29, 0.717) is 34.2 Å². The average Bonchev–Trinajstić information content (AvgIpc) is 3.37. The predicted molar refractivity (Wildman–Crippen MR) is 105 cm³/mol. The van der Waals surface area contributed by atoms with Gasteiger partial charge in [0.25, 0.3) is 5.56 Å². The number of hydrogen-bond donors (Lipinski definition) is 3. The topological polar surface area (TPSA) is 140 Å². The SMILES string of the molecule is O=NNC=C1C2=C(Nc3cc4c(cc31)OCO4)c1cc3c(c(=O)n1C2)COC(=O)C3O. The zero-order valence-corrected chi connectivity index (χ0v) is 15.8. The van der Waals surface area contributed by atoms with Crippen molar-refractivity contribution in [1.29, 1.82) is 0 Å². The van der Waals surface area contributed by atoms with Gasteiger partial charge in [-0.05, 0) is 12.1 Å². The van der Waals surface area contributed by atoms with E-state index in [1.807, 2.05) is 0 Å². The Morgan fingerprint density at radius 1 is 1.19 bits per heavy atom. The standard InChI is InChI=1S/C20H14N4O7/c25-18-9-1-14-17-11(5-24(14)19(26)12(9)6-29-20(18)27)10(4-21-23-28)8-2-15-16(31-7-30-15)3-13(8)22-17/h1-4,18,22,25H,5-7H2,(H,21,28). The molecule has 0 bridgehead atoms. The summed E-state index contributed by atoms with van der Waals surface area (Å²) in [5, 5.41) is 16.3. The molecular formula is C20H14N4O7. The van der Waals surface area contributed by atoms with E-state index in [0.717, 1.165) is 11.1 Å². The molecule has 1 aromatic carbocycles. The molecule has 0 aliphatic carbocycles. The summed E-state index contributed by atoms with van der Waals surface area (Å²) in [6.07, 6.45) is -0.0599. The number of hydrogen-bond acceptors (Lipinski definition) is 9. The number of nitrogens with one attached hydrogen (secondary N) is 2. The zero-order chi connectivity index (χ0) is 21.3. The third-order valence-electron chi connectivity index (χ3n) is 5.83.